The fraction of sp³-hybridized carbons (Fsp3) is 0.375. The van der Waals surface area contributed by atoms with E-state index in [4.69, 9.17) is 0 Å². The van der Waals surface area contributed by atoms with E-state index in [0.717, 1.165) is 5.39 Å². The predicted octanol–water partition coefficient (Wildman–Crippen LogP) is 0.493. The van der Waals surface area contributed by atoms with E-state index in [0.29, 0.717) is 24.6 Å². The number of carboxylic acid groups (broad SMARTS) is 1. The van der Waals surface area contributed by atoms with Crippen LogP contribution in [0.4, 0.5) is 5.82 Å². The molecule has 0 bridgehead atoms. The summed E-state index contributed by atoms with van der Waals surface area (Å²) in [7, 11) is 0. The van der Waals surface area contributed by atoms with Crippen molar-refractivity contribution in [2.75, 3.05) is 31.1 Å². The molecule has 8 nitrogen and oxygen atoms in total. The van der Waals surface area contributed by atoms with Crippen molar-refractivity contribution in [3.63, 3.8) is 0 Å². The number of rotatable bonds is 4. The molecule has 124 valence electrons. The van der Waals surface area contributed by atoms with Crippen LogP contribution in [0.1, 0.15) is 0 Å². The number of aromatic amines is 1. The van der Waals surface area contributed by atoms with Gasteiger partial charge in [-0.15, -0.1) is 6.58 Å². The largest absolute Gasteiger partial charge is 0.481 e. The molecule has 0 radical (unpaired) electrons. The van der Waals surface area contributed by atoms with Crippen molar-refractivity contribution in [2.24, 2.45) is 11.3 Å². The van der Waals surface area contributed by atoms with Crippen molar-refractivity contribution in [1.29, 1.82) is 0 Å². The van der Waals surface area contributed by atoms with E-state index in [9.17, 15) is 14.7 Å². The van der Waals surface area contributed by atoms with Gasteiger partial charge in [0.15, 0.2) is 0 Å². The summed E-state index contributed by atoms with van der Waals surface area (Å²) in [6.07, 6.45) is 4.84. The van der Waals surface area contributed by atoms with Gasteiger partial charge in [-0.25, -0.2) is 9.97 Å². The highest BCUT2D eigenvalue weighted by atomic mass is 16.4. The topological polar surface area (TPSA) is 102 Å². The average molecular weight is 327 g/mol. The number of nitrogens with zero attached hydrogens (tertiary/aromatic N) is 4. The quantitative estimate of drug-likeness (QED) is 0.793. The number of fused-ring (bicyclic) bond motifs is 2. The highest BCUT2D eigenvalue weighted by molar-refractivity contribution is 5.95. The Morgan fingerprint density at radius 1 is 1.50 bits per heavy atom. The van der Waals surface area contributed by atoms with Gasteiger partial charge in [0.1, 0.15) is 23.2 Å². The molecule has 8 heteroatoms. The third-order valence-corrected chi connectivity index (χ3v) is 5.03. The third-order valence-electron chi connectivity index (χ3n) is 5.03. The number of nitrogens with one attached hydrogen (secondary N) is 1. The molecule has 2 aromatic heterocycles. The molecule has 24 heavy (non-hydrogen) atoms. The van der Waals surface area contributed by atoms with Gasteiger partial charge in [0, 0.05) is 32.4 Å². The number of amides is 1. The molecule has 2 atom stereocenters. The highest BCUT2D eigenvalue weighted by Gasteiger charge is 2.62. The first kappa shape index (κ1) is 14.7. The van der Waals surface area contributed by atoms with Crippen LogP contribution in [0.5, 0.6) is 0 Å². The number of carbonyl (C=O) groups excluding carboxylic acids is 1. The van der Waals surface area contributed by atoms with Gasteiger partial charge >= 0.3 is 5.97 Å². The average Bonchev–Trinajstić information content (AvgIpc) is 3.23. The molecule has 2 aromatic rings. The van der Waals surface area contributed by atoms with Gasteiger partial charge in [0.25, 0.3) is 0 Å². The molecule has 4 rings (SSSR count). The molecule has 0 aliphatic carbocycles. The number of aliphatic carboxylic acids is 1. The number of hydrogen-bond donors (Lipinski definition) is 2. The molecule has 0 unspecified atom stereocenters. The highest BCUT2D eigenvalue weighted by Crippen LogP contribution is 2.45. The van der Waals surface area contributed by atoms with Crippen LogP contribution in [0, 0.1) is 11.3 Å². The summed E-state index contributed by atoms with van der Waals surface area (Å²) in [5, 5.41) is 10.7. The molecule has 2 aliphatic rings. The lowest BCUT2D eigenvalue weighted by atomic mass is 9.81. The van der Waals surface area contributed by atoms with E-state index in [1.54, 1.807) is 17.2 Å². The van der Waals surface area contributed by atoms with E-state index in [1.807, 2.05) is 11.0 Å². The number of carboxylic acids is 1. The summed E-state index contributed by atoms with van der Waals surface area (Å²) in [6.45, 7) is 4.81. The van der Waals surface area contributed by atoms with E-state index in [2.05, 4.69) is 21.5 Å². The third kappa shape index (κ3) is 1.85. The Hall–Kier alpha value is -2.90. The Balaban J connectivity index is 1.72. The molecule has 2 N–H and O–H groups in total. The Morgan fingerprint density at radius 3 is 3.04 bits per heavy atom. The number of anilines is 1. The van der Waals surface area contributed by atoms with Gasteiger partial charge in [-0.1, -0.05) is 6.08 Å². The second-order valence-electron chi connectivity index (χ2n) is 6.34. The van der Waals surface area contributed by atoms with Crippen LogP contribution in [-0.2, 0) is 9.59 Å². The standard InChI is InChI=1S/C16H17N5O3/c1-2-5-20-7-16(15(23)24)8-21(6-11(16)14(20)22)13-10-3-4-17-12(10)18-9-19-13/h2-4,9,11H,1,5-8H2,(H,23,24)(H,17,18,19)/t11-,16+/m0/s1. The van der Waals surface area contributed by atoms with E-state index >= 15 is 0 Å². The second kappa shape index (κ2) is 5.05. The number of aromatic nitrogens is 3. The molecule has 2 saturated heterocycles. The molecule has 1 amide bonds. The smallest absolute Gasteiger partial charge is 0.314 e. The Morgan fingerprint density at radius 2 is 2.33 bits per heavy atom. The van der Waals surface area contributed by atoms with E-state index in [1.165, 1.54) is 6.33 Å². The number of carbonyl (C=O) groups is 2. The van der Waals surface area contributed by atoms with Gasteiger partial charge in [-0.3, -0.25) is 9.59 Å². The molecule has 0 spiro atoms. The Kier molecular flexibility index (Phi) is 3.09. The fourth-order valence-corrected chi connectivity index (χ4v) is 3.89. The first-order valence-corrected chi connectivity index (χ1v) is 7.73. The van der Waals surface area contributed by atoms with Gasteiger partial charge in [0.05, 0.1) is 11.3 Å². The molecular formula is C16H17N5O3. The van der Waals surface area contributed by atoms with Crippen LogP contribution < -0.4 is 4.90 Å². The zero-order chi connectivity index (χ0) is 16.9. The molecule has 4 heterocycles. The van der Waals surface area contributed by atoms with Crippen molar-refractivity contribution in [1.82, 2.24) is 19.9 Å². The summed E-state index contributed by atoms with van der Waals surface area (Å²) < 4.78 is 0. The van der Waals surface area contributed by atoms with Crippen LogP contribution in [0.3, 0.4) is 0 Å². The number of likely N-dealkylation sites (tertiary alicyclic amines) is 1. The maximum absolute atomic E-state index is 12.6. The number of H-pyrrole nitrogens is 1. The van der Waals surface area contributed by atoms with Crippen molar-refractivity contribution >= 4 is 28.7 Å². The lowest BCUT2D eigenvalue weighted by Crippen LogP contribution is -2.41. The minimum atomic E-state index is -1.10. The second-order valence-corrected chi connectivity index (χ2v) is 6.34. The fourth-order valence-electron chi connectivity index (χ4n) is 3.89. The monoisotopic (exact) mass is 327 g/mol. The predicted molar refractivity (Wildman–Crippen MR) is 86.4 cm³/mol. The Labute approximate surface area is 137 Å². The summed E-state index contributed by atoms with van der Waals surface area (Å²) in [4.78, 5) is 39.6. The minimum absolute atomic E-state index is 0.126. The van der Waals surface area contributed by atoms with Gasteiger partial charge in [0.2, 0.25) is 5.91 Å². The first-order chi connectivity index (χ1) is 11.6. The minimum Gasteiger partial charge on any atom is -0.481 e. The lowest BCUT2D eigenvalue weighted by Gasteiger charge is -2.25. The zero-order valence-electron chi connectivity index (χ0n) is 13.0. The van der Waals surface area contributed by atoms with Gasteiger partial charge in [-0.05, 0) is 6.07 Å². The molecule has 2 fully saturated rings. The van der Waals surface area contributed by atoms with Crippen LogP contribution in [0.2, 0.25) is 0 Å². The van der Waals surface area contributed by atoms with Crippen molar-refractivity contribution in [2.45, 2.75) is 0 Å². The Bertz CT molecular complexity index is 847. The van der Waals surface area contributed by atoms with E-state index < -0.39 is 17.3 Å². The van der Waals surface area contributed by atoms with Crippen LogP contribution >= 0.6 is 0 Å². The van der Waals surface area contributed by atoms with Gasteiger partial charge in [-0.2, -0.15) is 0 Å². The summed E-state index contributed by atoms with van der Waals surface area (Å²) >= 11 is 0. The van der Waals surface area contributed by atoms with Crippen molar-refractivity contribution in [3.05, 3.63) is 31.2 Å². The maximum atomic E-state index is 12.6. The summed E-state index contributed by atoms with van der Waals surface area (Å²) in [6, 6.07) is 1.86. The zero-order valence-corrected chi connectivity index (χ0v) is 13.0. The molecular weight excluding hydrogens is 310 g/mol. The summed E-state index contributed by atoms with van der Waals surface area (Å²) in [5.74, 6) is -0.966. The normalized spacial score (nSPS) is 26.2. The lowest BCUT2D eigenvalue weighted by molar-refractivity contribution is -0.149. The maximum Gasteiger partial charge on any atom is 0.314 e. The molecule has 0 saturated carbocycles. The SMILES string of the molecule is C=CCN1C[C@@]2(C(=O)O)CN(c3ncnc4[nH]ccc34)C[C@H]2C1=O. The van der Waals surface area contributed by atoms with E-state index in [-0.39, 0.29) is 19.0 Å². The molecule has 0 aromatic carbocycles. The van der Waals surface area contributed by atoms with Gasteiger partial charge < -0.3 is 19.9 Å². The van der Waals surface area contributed by atoms with Crippen molar-refractivity contribution < 1.29 is 14.7 Å². The van der Waals surface area contributed by atoms with Crippen molar-refractivity contribution in [3.8, 4) is 0 Å². The molecule has 2 aliphatic heterocycles. The van der Waals surface area contributed by atoms with Crippen LogP contribution in [0.15, 0.2) is 31.2 Å². The summed E-state index contributed by atoms with van der Waals surface area (Å²) in [5.41, 5.74) is -0.408. The number of hydrogen-bond acceptors (Lipinski definition) is 5. The van der Waals surface area contributed by atoms with Crippen LogP contribution in [0.25, 0.3) is 11.0 Å². The first-order valence-electron chi connectivity index (χ1n) is 7.73. The van der Waals surface area contributed by atoms with Crippen LogP contribution in [-0.4, -0.2) is 63.0 Å².